The first-order valence-corrected chi connectivity index (χ1v) is 8.13. The van der Waals surface area contributed by atoms with Crippen molar-refractivity contribution >= 4 is 5.65 Å². The molecule has 0 saturated heterocycles. The summed E-state index contributed by atoms with van der Waals surface area (Å²) in [6, 6.07) is 19.8. The van der Waals surface area contributed by atoms with Gasteiger partial charge in [-0.2, -0.15) is 5.21 Å². The Labute approximate surface area is 148 Å². The quantitative estimate of drug-likeness (QED) is 0.545. The number of nitrogens with one attached hydrogen (secondary N) is 1. The van der Waals surface area contributed by atoms with Gasteiger partial charge in [-0.15, -0.1) is 10.2 Å². The Morgan fingerprint density at radius 2 is 1.81 bits per heavy atom. The predicted molar refractivity (Wildman–Crippen MR) is 97.0 cm³/mol. The van der Waals surface area contributed by atoms with Crippen LogP contribution in [0.2, 0.25) is 0 Å². The molecule has 4 heterocycles. The highest BCUT2D eigenvalue weighted by atomic mass is 15.5. The first-order chi connectivity index (χ1) is 12.9. The molecule has 0 aliphatic heterocycles. The molecule has 7 nitrogen and oxygen atoms in total. The maximum absolute atomic E-state index is 4.80. The Balaban J connectivity index is 1.78. The lowest BCUT2D eigenvalue weighted by atomic mass is 10.0. The number of fused-ring (bicyclic) bond motifs is 1. The molecule has 4 aromatic heterocycles. The molecule has 0 amide bonds. The van der Waals surface area contributed by atoms with Crippen LogP contribution in [0.25, 0.3) is 39.7 Å². The molecule has 0 spiro atoms. The third-order valence-corrected chi connectivity index (χ3v) is 4.18. The van der Waals surface area contributed by atoms with Gasteiger partial charge in [0.15, 0.2) is 0 Å². The van der Waals surface area contributed by atoms with Crippen LogP contribution in [0.3, 0.4) is 0 Å². The summed E-state index contributed by atoms with van der Waals surface area (Å²) in [7, 11) is 0. The van der Waals surface area contributed by atoms with E-state index in [0.29, 0.717) is 5.82 Å². The number of tetrazole rings is 1. The van der Waals surface area contributed by atoms with Crippen molar-refractivity contribution in [1.29, 1.82) is 0 Å². The largest absolute Gasteiger partial charge is 0.299 e. The summed E-state index contributed by atoms with van der Waals surface area (Å²) in [5, 5.41) is 14.3. The molecule has 0 saturated carbocycles. The second kappa shape index (κ2) is 5.89. The molecule has 0 radical (unpaired) electrons. The van der Waals surface area contributed by atoms with Crippen LogP contribution < -0.4 is 0 Å². The van der Waals surface area contributed by atoms with Gasteiger partial charge in [-0.25, -0.2) is 4.98 Å². The SMILES string of the molecule is c1ccc(-c2nc3ccccn3c2-c2cccc(-c3nn[nH]n3)c2)nc1. The zero-order valence-electron chi connectivity index (χ0n) is 13.6. The third kappa shape index (κ3) is 2.34. The second-order valence-electron chi connectivity index (χ2n) is 5.77. The average Bonchev–Trinajstić information content (AvgIpc) is 3.37. The molecule has 1 N–H and O–H groups in total. The topological polar surface area (TPSA) is 84.6 Å². The van der Waals surface area contributed by atoms with Crippen LogP contribution in [-0.2, 0) is 0 Å². The number of aromatic nitrogens is 7. The van der Waals surface area contributed by atoms with Gasteiger partial charge >= 0.3 is 0 Å². The van der Waals surface area contributed by atoms with E-state index in [4.69, 9.17) is 4.98 Å². The number of imidazole rings is 1. The second-order valence-corrected chi connectivity index (χ2v) is 5.77. The molecule has 5 rings (SSSR count). The van der Waals surface area contributed by atoms with E-state index in [0.717, 1.165) is 33.9 Å². The molecule has 1 aromatic carbocycles. The van der Waals surface area contributed by atoms with Crippen molar-refractivity contribution in [2.75, 3.05) is 0 Å². The van der Waals surface area contributed by atoms with E-state index in [1.807, 2.05) is 66.9 Å². The third-order valence-electron chi connectivity index (χ3n) is 4.18. The van der Waals surface area contributed by atoms with Gasteiger partial charge in [-0.05, 0) is 35.5 Å². The Bertz CT molecular complexity index is 1180. The van der Waals surface area contributed by atoms with Crippen molar-refractivity contribution in [2.45, 2.75) is 0 Å². The average molecular weight is 339 g/mol. The van der Waals surface area contributed by atoms with Crippen molar-refractivity contribution in [3.63, 3.8) is 0 Å². The molecular weight excluding hydrogens is 326 g/mol. The predicted octanol–water partition coefficient (Wildman–Crippen LogP) is 3.24. The maximum atomic E-state index is 4.80. The lowest BCUT2D eigenvalue weighted by Gasteiger charge is -2.06. The number of benzene rings is 1. The molecular formula is C19H13N7. The van der Waals surface area contributed by atoms with Crippen LogP contribution in [0, 0.1) is 0 Å². The molecule has 124 valence electrons. The summed E-state index contributed by atoms with van der Waals surface area (Å²) in [5.41, 5.74) is 5.40. The van der Waals surface area contributed by atoms with Gasteiger partial charge in [0.2, 0.25) is 5.82 Å². The van der Waals surface area contributed by atoms with Gasteiger partial charge < -0.3 is 0 Å². The zero-order valence-corrected chi connectivity index (χ0v) is 13.6. The summed E-state index contributed by atoms with van der Waals surface area (Å²) >= 11 is 0. The summed E-state index contributed by atoms with van der Waals surface area (Å²) in [5.74, 6) is 0.556. The highest BCUT2D eigenvalue weighted by Gasteiger charge is 2.17. The van der Waals surface area contributed by atoms with Gasteiger partial charge in [0.05, 0.1) is 11.4 Å². The van der Waals surface area contributed by atoms with E-state index in [9.17, 15) is 0 Å². The van der Waals surface area contributed by atoms with Crippen LogP contribution in [0.15, 0.2) is 73.1 Å². The maximum Gasteiger partial charge on any atom is 0.204 e. The minimum absolute atomic E-state index is 0.556. The fraction of sp³-hybridized carbons (Fsp3) is 0. The lowest BCUT2D eigenvalue weighted by Crippen LogP contribution is -1.91. The zero-order chi connectivity index (χ0) is 17.3. The number of rotatable bonds is 3. The normalized spacial score (nSPS) is 11.1. The van der Waals surface area contributed by atoms with Crippen LogP contribution in [0.4, 0.5) is 0 Å². The van der Waals surface area contributed by atoms with E-state index < -0.39 is 0 Å². The standard InChI is InChI=1S/C19H13N7/c1-3-10-20-15(8-1)17-18(26-11-4-2-9-16(26)21-17)13-6-5-7-14(12-13)19-22-24-25-23-19/h1-12H,(H,22,23,24,25). The highest BCUT2D eigenvalue weighted by Crippen LogP contribution is 2.33. The van der Waals surface area contributed by atoms with Crippen molar-refractivity contribution in [3.05, 3.63) is 73.1 Å². The Hall–Kier alpha value is -3.87. The number of aromatic amines is 1. The molecule has 0 fully saturated rings. The van der Waals surface area contributed by atoms with Crippen LogP contribution in [-0.4, -0.2) is 35.0 Å². The molecule has 0 bridgehead atoms. The molecule has 5 aromatic rings. The Kier molecular flexibility index (Phi) is 3.28. The van der Waals surface area contributed by atoms with Crippen molar-refractivity contribution in [2.24, 2.45) is 0 Å². The number of nitrogens with zero attached hydrogens (tertiary/aromatic N) is 6. The van der Waals surface area contributed by atoms with Gasteiger partial charge in [0, 0.05) is 23.5 Å². The molecule has 26 heavy (non-hydrogen) atoms. The van der Waals surface area contributed by atoms with E-state index >= 15 is 0 Å². The summed E-state index contributed by atoms with van der Waals surface area (Å²) in [6.45, 7) is 0. The van der Waals surface area contributed by atoms with E-state index in [-0.39, 0.29) is 0 Å². The Morgan fingerprint density at radius 1 is 0.885 bits per heavy atom. The summed E-state index contributed by atoms with van der Waals surface area (Å²) in [4.78, 5) is 9.29. The van der Waals surface area contributed by atoms with Gasteiger partial charge in [-0.1, -0.05) is 30.3 Å². The number of pyridine rings is 2. The van der Waals surface area contributed by atoms with Gasteiger partial charge in [0.1, 0.15) is 11.3 Å². The fourth-order valence-electron chi connectivity index (χ4n) is 3.04. The lowest BCUT2D eigenvalue weighted by molar-refractivity contribution is 0.881. The minimum Gasteiger partial charge on any atom is -0.299 e. The first-order valence-electron chi connectivity index (χ1n) is 8.13. The monoisotopic (exact) mass is 339 g/mol. The van der Waals surface area contributed by atoms with Gasteiger partial charge in [0.25, 0.3) is 0 Å². The fourth-order valence-corrected chi connectivity index (χ4v) is 3.04. The Morgan fingerprint density at radius 3 is 2.65 bits per heavy atom. The van der Waals surface area contributed by atoms with E-state index in [2.05, 4.69) is 30.0 Å². The molecule has 0 aliphatic rings. The van der Waals surface area contributed by atoms with Crippen LogP contribution in [0.1, 0.15) is 0 Å². The highest BCUT2D eigenvalue weighted by molar-refractivity contribution is 5.82. The van der Waals surface area contributed by atoms with Crippen LogP contribution >= 0.6 is 0 Å². The van der Waals surface area contributed by atoms with E-state index in [1.54, 1.807) is 6.20 Å². The number of hydrogen-bond acceptors (Lipinski definition) is 5. The van der Waals surface area contributed by atoms with Crippen molar-refractivity contribution in [3.8, 4) is 34.0 Å². The van der Waals surface area contributed by atoms with Crippen LogP contribution in [0.5, 0.6) is 0 Å². The first kappa shape index (κ1) is 14.5. The van der Waals surface area contributed by atoms with Crippen molar-refractivity contribution < 1.29 is 0 Å². The summed E-state index contributed by atoms with van der Waals surface area (Å²) < 4.78 is 2.07. The number of H-pyrrole nitrogens is 1. The van der Waals surface area contributed by atoms with Crippen molar-refractivity contribution in [1.82, 2.24) is 35.0 Å². The minimum atomic E-state index is 0.556. The smallest absolute Gasteiger partial charge is 0.204 e. The molecule has 7 heteroatoms. The van der Waals surface area contributed by atoms with E-state index in [1.165, 1.54) is 0 Å². The van der Waals surface area contributed by atoms with Gasteiger partial charge in [-0.3, -0.25) is 9.38 Å². The molecule has 0 aliphatic carbocycles. The molecule has 0 atom stereocenters. The molecule has 0 unspecified atom stereocenters. The number of hydrogen-bond donors (Lipinski definition) is 1. The summed E-state index contributed by atoms with van der Waals surface area (Å²) in [6.07, 6.45) is 3.78.